The van der Waals surface area contributed by atoms with Gasteiger partial charge in [0.05, 0.1) is 6.20 Å². The lowest BCUT2D eigenvalue weighted by atomic mass is 10.4. The number of quaternary nitrogens is 1. The van der Waals surface area contributed by atoms with E-state index in [2.05, 4.69) is 0 Å². The number of nitrogens with one attached hydrogen (secondary N) is 1. The average molecular weight is 182 g/mol. The number of amidine groups is 1. The molecular formula is C6H12N7+. The standard InChI is InChI=1S/C6H12N7/c7-5-4-13(10)2-1-11(8)6(13)3-12(5)9/h1-3,7H,4,8-10H2/q+1. The molecule has 0 radical (unpaired) electrons. The molecule has 1 unspecified atom stereocenters. The van der Waals surface area contributed by atoms with E-state index in [1.54, 1.807) is 18.6 Å². The van der Waals surface area contributed by atoms with E-state index in [9.17, 15) is 0 Å². The Hall–Kier alpha value is -1.41. The monoisotopic (exact) mass is 182 g/mol. The molecule has 2 heterocycles. The fourth-order valence-electron chi connectivity index (χ4n) is 1.40. The smallest absolute Gasteiger partial charge is 0.265 e. The number of hydrogen-bond donors (Lipinski definition) is 4. The summed E-state index contributed by atoms with van der Waals surface area (Å²) in [6.45, 7) is 0.312. The van der Waals surface area contributed by atoms with E-state index >= 15 is 0 Å². The minimum Gasteiger partial charge on any atom is -0.282 e. The number of hydrazine groups is 2. The van der Waals surface area contributed by atoms with Gasteiger partial charge in [-0.2, -0.15) is 10.4 Å². The lowest BCUT2D eigenvalue weighted by molar-refractivity contribution is -0.848. The molecule has 13 heavy (non-hydrogen) atoms. The molecule has 0 aromatic carbocycles. The van der Waals surface area contributed by atoms with Gasteiger partial charge in [0.15, 0.2) is 12.4 Å². The summed E-state index contributed by atoms with van der Waals surface area (Å²) in [4.78, 5) is 0. The summed E-state index contributed by atoms with van der Waals surface area (Å²) in [5.74, 6) is 18.0. The molecule has 0 aliphatic carbocycles. The molecule has 0 fully saturated rings. The Morgan fingerprint density at radius 3 is 2.77 bits per heavy atom. The van der Waals surface area contributed by atoms with E-state index in [4.69, 9.17) is 22.9 Å². The first-order valence-corrected chi connectivity index (χ1v) is 3.76. The maximum Gasteiger partial charge on any atom is 0.265 e. The fraction of sp³-hybridized carbons (Fsp3) is 0.167. The van der Waals surface area contributed by atoms with Crippen LogP contribution in [0.25, 0.3) is 0 Å². The first-order chi connectivity index (χ1) is 6.03. The van der Waals surface area contributed by atoms with Gasteiger partial charge in [0, 0.05) is 0 Å². The minimum atomic E-state index is 0.0169. The Bertz CT molecular complexity index is 319. The Morgan fingerprint density at radius 2 is 2.08 bits per heavy atom. The minimum absolute atomic E-state index is 0.0169. The highest BCUT2D eigenvalue weighted by Gasteiger charge is 2.41. The van der Waals surface area contributed by atoms with Crippen LogP contribution in [-0.2, 0) is 0 Å². The third kappa shape index (κ3) is 1.03. The van der Waals surface area contributed by atoms with Crippen molar-refractivity contribution in [1.82, 2.24) is 10.0 Å². The van der Waals surface area contributed by atoms with Crippen molar-refractivity contribution in [2.75, 3.05) is 6.54 Å². The molecule has 70 valence electrons. The van der Waals surface area contributed by atoms with Gasteiger partial charge in [0.25, 0.3) is 5.82 Å². The van der Waals surface area contributed by atoms with Gasteiger partial charge in [-0.15, -0.1) is 0 Å². The first kappa shape index (κ1) is 8.20. The second kappa shape index (κ2) is 2.30. The van der Waals surface area contributed by atoms with Crippen molar-refractivity contribution in [2.45, 2.75) is 0 Å². The van der Waals surface area contributed by atoms with E-state index in [1.165, 1.54) is 10.0 Å². The number of rotatable bonds is 0. The van der Waals surface area contributed by atoms with Crippen LogP contribution in [-0.4, -0.2) is 27.0 Å². The molecule has 0 amide bonds. The number of hydrogen-bond acceptors (Lipinski definition) is 5. The van der Waals surface area contributed by atoms with Crippen LogP contribution in [0.15, 0.2) is 24.4 Å². The van der Waals surface area contributed by atoms with Gasteiger partial charge in [-0.05, 0) is 0 Å². The summed E-state index contributed by atoms with van der Waals surface area (Å²) in [6.07, 6.45) is 4.91. The third-order valence-electron chi connectivity index (χ3n) is 2.16. The van der Waals surface area contributed by atoms with Crippen LogP contribution in [0.2, 0.25) is 0 Å². The van der Waals surface area contributed by atoms with Crippen LogP contribution in [0, 0.1) is 5.41 Å². The van der Waals surface area contributed by atoms with E-state index in [0.717, 1.165) is 0 Å². The predicted molar refractivity (Wildman–Crippen MR) is 46.3 cm³/mol. The zero-order chi connectivity index (χ0) is 9.64. The topological polar surface area (TPSA) is 108 Å². The molecule has 7 N–H and O–H groups in total. The predicted octanol–water partition coefficient (Wildman–Crippen LogP) is -1.70. The highest BCUT2D eigenvalue weighted by Crippen LogP contribution is 2.25. The Kier molecular flexibility index (Phi) is 1.45. The van der Waals surface area contributed by atoms with Crippen LogP contribution >= 0.6 is 0 Å². The fourth-order valence-corrected chi connectivity index (χ4v) is 1.40. The lowest BCUT2D eigenvalue weighted by Crippen LogP contribution is -2.59. The molecular weight excluding hydrogens is 170 g/mol. The quantitative estimate of drug-likeness (QED) is 0.264. The van der Waals surface area contributed by atoms with Crippen molar-refractivity contribution < 1.29 is 4.59 Å². The van der Waals surface area contributed by atoms with Gasteiger partial charge in [-0.25, -0.2) is 16.7 Å². The summed E-state index contributed by atoms with van der Waals surface area (Å²) in [5, 5.41) is 10.1. The lowest BCUT2D eigenvalue weighted by Gasteiger charge is -2.33. The molecule has 0 spiro atoms. The normalized spacial score (nSPS) is 32.2. The van der Waals surface area contributed by atoms with E-state index in [1.807, 2.05) is 0 Å². The third-order valence-corrected chi connectivity index (χ3v) is 2.16. The van der Waals surface area contributed by atoms with Crippen molar-refractivity contribution in [1.29, 1.82) is 5.41 Å². The Morgan fingerprint density at radius 1 is 1.38 bits per heavy atom. The van der Waals surface area contributed by atoms with Crippen LogP contribution < -0.4 is 17.5 Å². The zero-order valence-electron chi connectivity index (χ0n) is 7.01. The van der Waals surface area contributed by atoms with Gasteiger partial charge in [0.2, 0.25) is 0 Å². The average Bonchev–Trinajstić information content (AvgIpc) is 2.32. The summed E-state index contributed by atoms with van der Waals surface area (Å²) in [7, 11) is 0. The molecule has 7 heteroatoms. The van der Waals surface area contributed by atoms with E-state index in [-0.39, 0.29) is 10.4 Å². The molecule has 1 atom stereocenters. The molecule has 2 aliphatic rings. The Labute approximate surface area is 75.3 Å². The van der Waals surface area contributed by atoms with Crippen LogP contribution in [0.1, 0.15) is 0 Å². The van der Waals surface area contributed by atoms with Gasteiger partial charge >= 0.3 is 0 Å². The second-order valence-electron chi connectivity index (χ2n) is 3.14. The van der Waals surface area contributed by atoms with E-state index in [0.29, 0.717) is 12.4 Å². The molecule has 0 bridgehead atoms. The van der Waals surface area contributed by atoms with Gasteiger partial charge < -0.3 is 0 Å². The molecule has 7 nitrogen and oxygen atoms in total. The van der Waals surface area contributed by atoms with Gasteiger partial charge in [-0.1, -0.05) is 0 Å². The highest BCUT2D eigenvalue weighted by molar-refractivity contribution is 5.81. The van der Waals surface area contributed by atoms with Crippen molar-refractivity contribution in [2.24, 2.45) is 17.5 Å². The summed E-state index contributed by atoms with van der Waals surface area (Å²) in [5.41, 5.74) is 0. The van der Waals surface area contributed by atoms with E-state index < -0.39 is 0 Å². The van der Waals surface area contributed by atoms with Crippen molar-refractivity contribution >= 4 is 5.84 Å². The molecule has 0 aromatic heterocycles. The maximum atomic E-state index is 7.50. The van der Waals surface area contributed by atoms with Crippen molar-refractivity contribution in [3.63, 3.8) is 0 Å². The van der Waals surface area contributed by atoms with Crippen molar-refractivity contribution in [3.05, 3.63) is 24.4 Å². The maximum absolute atomic E-state index is 7.50. The zero-order valence-corrected chi connectivity index (χ0v) is 7.01. The molecule has 2 aliphatic heterocycles. The van der Waals surface area contributed by atoms with Crippen LogP contribution in [0.3, 0.4) is 0 Å². The molecule has 2 rings (SSSR count). The van der Waals surface area contributed by atoms with Crippen molar-refractivity contribution in [3.8, 4) is 0 Å². The SMILES string of the molecule is N=C1C[N+]2(N)C=CN(N)C2=CN1N. The molecule has 0 saturated heterocycles. The molecule has 0 aromatic rings. The first-order valence-electron chi connectivity index (χ1n) is 3.76. The summed E-state index contributed by atoms with van der Waals surface area (Å²) in [6, 6.07) is 0. The van der Waals surface area contributed by atoms with Gasteiger partial charge in [0.1, 0.15) is 12.4 Å². The summed E-state index contributed by atoms with van der Waals surface area (Å²) >= 11 is 0. The number of fused-ring (bicyclic) bond motifs is 1. The Balaban J connectivity index is 2.43. The highest BCUT2D eigenvalue weighted by atomic mass is 15.7. The summed E-state index contributed by atoms with van der Waals surface area (Å²) < 4.78 is 0.0169. The second-order valence-corrected chi connectivity index (χ2v) is 3.14. The number of nitrogens with two attached hydrogens (primary N) is 3. The van der Waals surface area contributed by atoms with Crippen LogP contribution in [0.5, 0.6) is 0 Å². The number of nitrogens with zero attached hydrogens (tertiary/aromatic N) is 3. The largest absolute Gasteiger partial charge is 0.282 e. The van der Waals surface area contributed by atoms with Gasteiger partial charge in [-0.3, -0.25) is 10.4 Å². The molecule has 0 saturated carbocycles. The van der Waals surface area contributed by atoms with Crippen LogP contribution in [0.4, 0.5) is 0 Å².